The number of carbonyl (C=O) groups excluding carboxylic acids is 4. The third-order valence-corrected chi connectivity index (χ3v) is 7.48. The van der Waals surface area contributed by atoms with E-state index in [0.29, 0.717) is 6.42 Å². The Hall–Kier alpha value is -5.45. The number of hydrogen-bond acceptors (Lipinski definition) is 5. The molecule has 4 rings (SSSR count). The normalized spacial score (nSPS) is 12.9. The lowest BCUT2D eigenvalue weighted by Crippen LogP contribution is -2.57. The Labute approximate surface area is 261 Å². The fourth-order valence-corrected chi connectivity index (χ4v) is 5.22. The molecule has 4 aromatic rings. The second-order valence-corrected chi connectivity index (χ2v) is 11.0. The zero-order chi connectivity index (χ0) is 32.3. The largest absolute Gasteiger partial charge is 0.370 e. The van der Waals surface area contributed by atoms with Crippen LogP contribution in [0.2, 0.25) is 0 Å². The van der Waals surface area contributed by atoms with E-state index in [2.05, 4.69) is 21.3 Å². The second-order valence-electron chi connectivity index (χ2n) is 11.0. The van der Waals surface area contributed by atoms with Crippen LogP contribution < -0.4 is 32.7 Å². The first-order chi connectivity index (χ1) is 21.6. The van der Waals surface area contributed by atoms with E-state index in [9.17, 15) is 19.2 Å². The van der Waals surface area contributed by atoms with Gasteiger partial charge in [0.25, 0.3) is 0 Å². The van der Waals surface area contributed by atoms with Crippen LogP contribution in [0.15, 0.2) is 84.9 Å². The summed E-state index contributed by atoms with van der Waals surface area (Å²) in [6, 6.07) is 24.1. The monoisotopic (exact) mass is 609 g/mol. The maximum atomic E-state index is 13.6. The van der Waals surface area contributed by atoms with Gasteiger partial charge in [-0.25, -0.2) is 0 Å². The third kappa shape index (κ3) is 9.52. The lowest BCUT2D eigenvalue weighted by Gasteiger charge is -2.25. The third-order valence-electron chi connectivity index (χ3n) is 7.48. The molecule has 0 aromatic heterocycles. The second kappa shape index (κ2) is 15.3. The number of rotatable bonds is 14. The van der Waals surface area contributed by atoms with E-state index in [4.69, 9.17) is 16.9 Å². The van der Waals surface area contributed by atoms with E-state index in [1.807, 2.05) is 84.9 Å². The van der Waals surface area contributed by atoms with Gasteiger partial charge in [0.15, 0.2) is 5.96 Å². The molecule has 0 heterocycles. The number of nitrogens with two attached hydrogens (primary N) is 2. The van der Waals surface area contributed by atoms with Crippen LogP contribution in [0, 0.1) is 5.41 Å². The zero-order valence-corrected chi connectivity index (χ0v) is 25.1. The predicted molar refractivity (Wildman–Crippen MR) is 175 cm³/mol. The van der Waals surface area contributed by atoms with Crippen LogP contribution in [0.25, 0.3) is 21.5 Å². The molecule has 0 fully saturated rings. The number of fused-ring (bicyclic) bond motifs is 2. The van der Waals surface area contributed by atoms with Gasteiger partial charge in [-0.2, -0.15) is 0 Å². The molecular weight excluding hydrogens is 570 g/mol. The lowest BCUT2D eigenvalue weighted by atomic mass is 10.00. The summed E-state index contributed by atoms with van der Waals surface area (Å²) in [5.74, 6) is -2.48. The average molecular weight is 610 g/mol. The molecular formula is C34H39N7O4. The van der Waals surface area contributed by atoms with Gasteiger partial charge < -0.3 is 32.7 Å². The zero-order valence-electron chi connectivity index (χ0n) is 25.1. The van der Waals surface area contributed by atoms with Gasteiger partial charge in [-0.15, -0.1) is 0 Å². The van der Waals surface area contributed by atoms with Crippen LogP contribution in [-0.4, -0.2) is 54.3 Å². The molecule has 234 valence electrons. The van der Waals surface area contributed by atoms with Crippen LogP contribution >= 0.6 is 0 Å². The van der Waals surface area contributed by atoms with Gasteiger partial charge in [0, 0.05) is 26.3 Å². The van der Waals surface area contributed by atoms with Crippen LogP contribution in [0.5, 0.6) is 0 Å². The number of primary amides is 1. The first-order valence-corrected chi connectivity index (χ1v) is 14.8. The highest BCUT2D eigenvalue weighted by atomic mass is 16.2. The average Bonchev–Trinajstić information content (AvgIpc) is 3.01. The molecule has 0 radical (unpaired) electrons. The molecule has 4 aromatic carbocycles. The van der Waals surface area contributed by atoms with Crippen LogP contribution in [0.4, 0.5) is 0 Å². The molecule has 9 N–H and O–H groups in total. The number of hydrogen-bond donors (Lipinski definition) is 7. The van der Waals surface area contributed by atoms with Crippen LogP contribution in [0.1, 0.15) is 30.9 Å². The molecule has 0 aliphatic heterocycles. The quantitative estimate of drug-likeness (QED) is 0.0649. The van der Waals surface area contributed by atoms with Crippen molar-refractivity contribution in [2.24, 2.45) is 11.5 Å². The topological polar surface area (TPSA) is 192 Å². The van der Waals surface area contributed by atoms with Gasteiger partial charge in [-0.05, 0) is 45.5 Å². The molecule has 0 bridgehead atoms. The minimum absolute atomic E-state index is 0.162. The van der Waals surface area contributed by atoms with Crippen molar-refractivity contribution in [1.29, 1.82) is 5.41 Å². The van der Waals surface area contributed by atoms with Crippen molar-refractivity contribution in [3.63, 3.8) is 0 Å². The molecule has 0 aliphatic rings. The van der Waals surface area contributed by atoms with Crippen molar-refractivity contribution < 1.29 is 19.2 Å². The molecule has 45 heavy (non-hydrogen) atoms. The van der Waals surface area contributed by atoms with Crippen molar-refractivity contribution >= 4 is 51.1 Å². The van der Waals surface area contributed by atoms with Crippen LogP contribution in [-0.2, 0) is 32.0 Å². The Bertz CT molecular complexity index is 1710. The first kappa shape index (κ1) is 32.5. The Morgan fingerprint density at radius 3 is 1.67 bits per heavy atom. The van der Waals surface area contributed by atoms with Crippen molar-refractivity contribution in [1.82, 2.24) is 21.3 Å². The van der Waals surface area contributed by atoms with Gasteiger partial charge in [0.05, 0.1) is 0 Å². The van der Waals surface area contributed by atoms with E-state index in [0.717, 1.165) is 32.7 Å². The summed E-state index contributed by atoms with van der Waals surface area (Å²) < 4.78 is 0. The van der Waals surface area contributed by atoms with Gasteiger partial charge in [-0.3, -0.25) is 24.6 Å². The van der Waals surface area contributed by atoms with Gasteiger partial charge in [0.2, 0.25) is 23.6 Å². The summed E-state index contributed by atoms with van der Waals surface area (Å²) >= 11 is 0. The number of benzene rings is 4. The summed E-state index contributed by atoms with van der Waals surface area (Å²) in [5, 5.41) is 22.3. The Balaban J connectivity index is 1.50. The summed E-state index contributed by atoms with van der Waals surface area (Å²) in [5.41, 5.74) is 12.7. The number of carbonyl (C=O) groups is 4. The highest BCUT2D eigenvalue weighted by molar-refractivity contribution is 5.94. The summed E-state index contributed by atoms with van der Waals surface area (Å²) in [7, 11) is 0. The minimum Gasteiger partial charge on any atom is -0.370 e. The summed E-state index contributed by atoms with van der Waals surface area (Å²) in [6.07, 6.45) is 0.902. The molecule has 0 unspecified atom stereocenters. The smallest absolute Gasteiger partial charge is 0.243 e. The summed E-state index contributed by atoms with van der Waals surface area (Å²) in [6.45, 7) is 1.61. The minimum atomic E-state index is -1.06. The first-order valence-electron chi connectivity index (χ1n) is 14.8. The van der Waals surface area contributed by atoms with E-state index < -0.39 is 41.8 Å². The van der Waals surface area contributed by atoms with Crippen molar-refractivity contribution in [2.45, 2.75) is 50.7 Å². The SMILES string of the molecule is CC(=O)N[C@H](Cc1ccc2ccccc2c1)C(=O)N[C@@H](CCCNC(=N)N)C(=O)N[C@@H](Cc1ccc2ccccc2c1)C(N)=O. The Kier molecular flexibility index (Phi) is 11.1. The molecule has 0 aliphatic carbocycles. The molecule has 0 saturated carbocycles. The van der Waals surface area contributed by atoms with E-state index in [1.165, 1.54) is 6.92 Å². The molecule has 0 spiro atoms. The van der Waals surface area contributed by atoms with E-state index in [1.54, 1.807) is 0 Å². The fraction of sp³-hybridized carbons (Fsp3) is 0.265. The number of nitrogens with one attached hydrogen (secondary N) is 5. The van der Waals surface area contributed by atoms with Crippen molar-refractivity contribution in [2.75, 3.05) is 6.54 Å². The molecule has 3 atom stereocenters. The highest BCUT2D eigenvalue weighted by Gasteiger charge is 2.29. The standard InChI is InChI=1S/C34H39N7O4/c1-21(42)39-30(20-23-13-15-25-8-3-5-10-27(25)18-23)33(45)40-28(11-6-16-38-34(36)37)32(44)41-29(31(35)43)19-22-12-14-24-7-2-4-9-26(24)17-22/h2-5,7-10,12-15,17-18,28-30H,6,11,16,19-20H2,1H3,(H2,35,43)(H,39,42)(H,40,45)(H,41,44)(H4,36,37,38)/t28-,29-,30+/m0/s1. The maximum absolute atomic E-state index is 13.6. The van der Waals surface area contributed by atoms with E-state index in [-0.39, 0.29) is 31.8 Å². The van der Waals surface area contributed by atoms with Gasteiger partial charge in [-0.1, -0.05) is 84.9 Å². The number of amides is 4. The fourth-order valence-electron chi connectivity index (χ4n) is 5.22. The number of guanidine groups is 1. The van der Waals surface area contributed by atoms with Crippen molar-refractivity contribution in [3.05, 3.63) is 96.1 Å². The summed E-state index contributed by atoms with van der Waals surface area (Å²) in [4.78, 5) is 51.6. The highest BCUT2D eigenvalue weighted by Crippen LogP contribution is 2.18. The molecule has 0 saturated heterocycles. The van der Waals surface area contributed by atoms with E-state index >= 15 is 0 Å². The molecule has 4 amide bonds. The lowest BCUT2D eigenvalue weighted by molar-refractivity contribution is -0.133. The molecule has 11 nitrogen and oxygen atoms in total. The van der Waals surface area contributed by atoms with Crippen molar-refractivity contribution in [3.8, 4) is 0 Å². The van der Waals surface area contributed by atoms with Gasteiger partial charge >= 0.3 is 0 Å². The Morgan fingerprint density at radius 2 is 1.16 bits per heavy atom. The molecule has 11 heteroatoms. The predicted octanol–water partition coefficient (Wildman–Crippen LogP) is 2.00. The maximum Gasteiger partial charge on any atom is 0.243 e. The van der Waals surface area contributed by atoms with Crippen LogP contribution in [0.3, 0.4) is 0 Å². The Morgan fingerprint density at radius 1 is 0.667 bits per heavy atom. The van der Waals surface area contributed by atoms with Gasteiger partial charge in [0.1, 0.15) is 18.1 Å².